The van der Waals surface area contributed by atoms with Crippen LogP contribution in [0.2, 0.25) is 5.02 Å². The van der Waals surface area contributed by atoms with Crippen LogP contribution in [0.15, 0.2) is 18.2 Å². The lowest BCUT2D eigenvalue weighted by atomic mass is 10.0. The molecule has 1 aromatic rings. The average Bonchev–Trinajstić information content (AvgIpc) is 3.27. The van der Waals surface area contributed by atoms with E-state index >= 15 is 0 Å². The van der Waals surface area contributed by atoms with Crippen LogP contribution in [-0.4, -0.2) is 28.8 Å². The molecular formula is C15H16ClFN2O2. The van der Waals surface area contributed by atoms with Gasteiger partial charge in [0.2, 0.25) is 11.8 Å². The standard InChI is InChI=1S/C15H16ClFN2O2/c1-8-14(20)18-13(10-3-4-10)15(21)19(8)7-9-2-5-12(17)11(16)6-9/h2,5-6,8,10,13H,3-4,7H2,1H3,(H,18,20). The second-order valence-corrected chi connectivity index (χ2v) is 6.12. The van der Waals surface area contributed by atoms with Gasteiger partial charge in [0, 0.05) is 6.54 Å². The van der Waals surface area contributed by atoms with Crippen LogP contribution in [0.4, 0.5) is 4.39 Å². The first-order valence-corrected chi connectivity index (χ1v) is 7.40. The lowest BCUT2D eigenvalue weighted by Gasteiger charge is -2.37. The highest BCUT2D eigenvalue weighted by atomic mass is 35.5. The molecule has 3 rings (SSSR count). The van der Waals surface area contributed by atoms with Crippen LogP contribution in [0.3, 0.4) is 0 Å². The van der Waals surface area contributed by atoms with Crippen molar-refractivity contribution in [1.82, 2.24) is 10.2 Å². The minimum Gasteiger partial charge on any atom is -0.342 e. The predicted molar refractivity (Wildman–Crippen MR) is 76.1 cm³/mol. The topological polar surface area (TPSA) is 49.4 Å². The molecule has 1 saturated carbocycles. The van der Waals surface area contributed by atoms with Crippen molar-refractivity contribution >= 4 is 23.4 Å². The Bertz CT molecular complexity index is 603. The summed E-state index contributed by atoms with van der Waals surface area (Å²) in [5, 5.41) is 2.82. The molecule has 1 N–H and O–H groups in total. The Labute approximate surface area is 127 Å². The first-order valence-electron chi connectivity index (χ1n) is 7.02. The number of benzene rings is 1. The highest BCUT2D eigenvalue weighted by Gasteiger charge is 2.45. The summed E-state index contributed by atoms with van der Waals surface area (Å²) in [6.07, 6.45) is 1.95. The molecule has 2 fully saturated rings. The zero-order valence-electron chi connectivity index (χ0n) is 11.6. The Kier molecular flexibility index (Phi) is 3.61. The molecule has 1 saturated heterocycles. The van der Waals surface area contributed by atoms with Crippen molar-refractivity contribution in [2.45, 2.75) is 38.4 Å². The lowest BCUT2D eigenvalue weighted by molar-refractivity contribution is -0.149. The number of hydrogen-bond donors (Lipinski definition) is 1. The van der Waals surface area contributed by atoms with Crippen LogP contribution in [0.1, 0.15) is 25.3 Å². The maximum Gasteiger partial charge on any atom is 0.246 e. The van der Waals surface area contributed by atoms with E-state index in [1.165, 1.54) is 12.1 Å². The van der Waals surface area contributed by atoms with Crippen molar-refractivity contribution in [1.29, 1.82) is 0 Å². The molecule has 6 heteroatoms. The van der Waals surface area contributed by atoms with Gasteiger partial charge in [-0.2, -0.15) is 0 Å². The number of halogens is 2. The smallest absolute Gasteiger partial charge is 0.246 e. The Morgan fingerprint density at radius 1 is 1.38 bits per heavy atom. The number of carbonyl (C=O) groups excluding carboxylic acids is 2. The Hall–Kier alpha value is -1.62. The van der Waals surface area contributed by atoms with Gasteiger partial charge in [-0.1, -0.05) is 17.7 Å². The molecule has 4 nitrogen and oxygen atoms in total. The van der Waals surface area contributed by atoms with Gasteiger partial charge in [0.25, 0.3) is 0 Å². The van der Waals surface area contributed by atoms with E-state index in [0.29, 0.717) is 5.56 Å². The Balaban J connectivity index is 1.82. The molecule has 2 atom stereocenters. The monoisotopic (exact) mass is 310 g/mol. The molecule has 0 aromatic heterocycles. The van der Waals surface area contributed by atoms with E-state index in [0.717, 1.165) is 12.8 Å². The number of amides is 2. The van der Waals surface area contributed by atoms with Crippen LogP contribution in [0.5, 0.6) is 0 Å². The van der Waals surface area contributed by atoms with Crippen LogP contribution in [0, 0.1) is 11.7 Å². The van der Waals surface area contributed by atoms with Gasteiger partial charge >= 0.3 is 0 Å². The molecular weight excluding hydrogens is 295 g/mol. The molecule has 2 unspecified atom stereocenters. The fraction of sp³-hybridized carbons (Fsp3) is 0.467. The first-order chi connectivity index (χ1) is 9.97. The van der Waals surface area contributed by atoms with Gasteiger partial charge in [-0.3, -0.25) is 9.59 Å². The minimum atomic E-state index is -0.531. The Morgan fingerprint density at radius 3 is 2.71 bits per heavy atom. The zero-order valence-corrected chi connectivity index (χ0v) is 12.4. The summed E-state index contributed by atoms with van der Waals surface area (Å²) in [5.41, 5.74) is 0.714. The Morgan fingerprint density at radius 2 is 2.10 bits per heavy atom. The molecule has 2 amide bonds. The number of rotatable bonds is 3. The zero-order chi connectivity index (χ0) is 15.1. The van der Waals surface area contributed by atoms with Gasteiger partial charge in [0.15, 0.2) is 0 Å². The second-order valence-electron chi connectivity index (χ2n) is 5.71. The molecule has 1 aliphatic carbocycles. The summed E-state index contributed by atoms with van der Waals surface area (Å²) in [4.78, 5) is 26.1. The van der Waals surface area contributed by atoms with Gasteiger partial charge in [-0.15, -0.1) is 0 Å². The van der Waals surface area contributed by atoms with Crippen molar-refractivity contribution in [3.05, 3.63) is 34.6 Å². The van der Waals surface area contributed by atoms with E-state index < -0.39 is 17.9 Å². The van der Waals surface area contributed by atoms with Gasteiger partial charge in [0.05, 0.1) is 5.02 Å². The first kappa shape index (κ1) is 14.3. The van der Waals surface area contributed by atoms with Crippen molar-refractivity contribution in [3.8, 4) is 0 Å². The predicted octanol–water partition coefficient (Wildman–Crippen LogP) is 2.10. The molecule has 0 spiro atoms. The summed E-state index contributed by atoms with van der Waals surface area (Å²) in [6, 6.07) is 3.41. The van der Waals surface area contributed by atoms with Crippen molar-refractivity contribution in [3.63, 3.8) is 0 Å². The average molecular weight is 311 g/mol. The van der Waals surface area contributed by atoms with Crippen molar-refractivity contribution in [2.24, 2.45) is 5.92 Å². The highest BCUT2D eigenvalue weighted by molar-refractivity contribution is 6.30. The van der Waals surface area contributed by atoms with E-state index in [1.54, 1.807) is 17.9 Å². The summed E-state index contributed by atoms with van der Waals surface area (Å²) in [6.45, 7) is 1.96. The van der Waals surface area contributed by atoms with Crippen LogP contribution in [0.25, 0.3) is 0 Å². The summed E-state index contributed by atoms with van der Waals surface area (Å²) < 4.78 is 13.2. The fourth-order valence-electron chi connectivity index (χ4n) is 2.65. The molecule has 1 aromatic carbocycles. The number of nitrogens with one attached hydrogen (secondary N) is 1. The third kappa shape index (κ3) is 2.75. The van der Waals surface area contributed by atoms with Crippen LogP contribution in [-0.2, 0) is 16.1 Å². The number of carbonyl (C=O) groups is 2. The lowest BCUT2D eigenvalue weighted by Crippen LogP contribution is -2.62. The van der Waals surface area contributed by atoms with Crippen molar-refractivity contribution in [2.75, 3.05) is 0 Å². The molecule has 112 valence electrons. The third-order valence-electron chi connectivity index (χ3n) is 4.12. The van der Waals surface area contributed by atoms with E-state index in [-0.39, 0.29) is 29.3 Å². The van der Waals surface area contributed by atoms with Gasteiger partial charge in [-0.05, 0) is 43.4 Å². The molecule has 2 aliphatic rings. The van der Waals surface area contributed by atoms with E-state index in [9.17, 15) is 14.0 Å². The molecule has 1 aliphatic heterocycles. The van der Waals surface area contributed by atoms with Gasteiger partial charge in [-0.25, -0.2) is 4.39 Å². The van der Waals surface area contributed by atoms with E-state index in [4.69, 9.17) is 11.6 Å². The summed E-state index contributed by atoms with van der Waals surface area (Å²) in [7, 11) is 0. The van der Waals surface area contributed by atoms with E-state index in [1.807, 2.05) is 0 Å². The maximum atomic E-state index is 13.2. The molecule has 21 heavy (non-hydrogen) atoms. The summed E-state index contributed by atoms with van der Waals surface area (Å²) in [5.74, 6) is -0.440. The summed E-state index contributed by atoms with van der Waals surface area (Å²) >= 11 is 5.76. The normalized spacial score (nSPS) is 26.0. The van der Waals surface area contributed by atoms with Crippen molar-refractivity contribution < 1.29 is 14.0 Å². The molecule has 1 heterocycles. The van der Waals surface area contributed by atoms with Gasteiger partial charge in [0.1, 0.15) is 17.9 Å². The fourth-order valence-corrected chi connectivity index (χ4v) is 2.85. The second kappa shape index (κ2) is 5.30. The molecule has 0 bridgehead atoms. The number of piperazine rings is 1. The highest BCUT2D eigenvalue weighted by Crippen LogP contribution is 2.35. The quantitative estimate of drug-likeness (QED) is 0.929. The number of nitrogens with zero attached hydrogens (tertiary/aromatic N) is 1. The molecule has 0 radical (unpaired) electrons. The SMILES string of the molecule is CC1C(=O)NC(C2CC2)C(=O)N1Cc1ccc(F)c(Cl)c1. The van der Waals surface area contributed by atoms with Crippen LogP contribution >= 0.6 is 11.6 Å². The van der Waals surface area contributed by atoms with E-state index in [2.05, 4.69) is 5.32 Å². The minimum absolute atomic E-state index is 0.0211. The van der Waals surface area contributed by atoms with Crippen LogP contribution < -0.4 is 5.32 Å². The third-order valence-corrected chi connectivity index (χ3v) is 4.41. The maximum absolute atomic E-state index is 13.2. The largest absolute Gasteiger partial charge is 0.342 e. The van der Waals surface area contributed by atoms with Gasteiger partial charge < -0.3 is 10.2 Å². The number of hydrogen-bond acceptors (Lipinski definition) is 2.